The first-order chi connectivity index (χ1) is 25.3. The molecule has 0 spiro atoms. The molecular weight excluding hydrogens is 686 g/mol. The summed E-state index contributed by atoms with van der Waals surface area (Å²) in [5, 5.41) is 29.1. The maximum Gasteiger partial charge on any atom is 0.325 e. The van der Waals surface area contributed by atoms with Gasteiger partial charge in [-0.3, -0.25) is 33.6 Å². The van der Waals surface area contributed by atoms with Gasteiger partial charge in [0.25, 0.3) is 0 Å². The molecule has 0 radical (unpaired) electrons. The van der Waals surface area contributed by atoms with Crippen LogP contribution in [0.1, 0.15) is 50.7 Å². The molecule has 0 saturated carbocycles. The van der Waals surface area contributed by atoms with Crippen molar-refractivity contribution in [3.05, 3.63) is 71.8 Å². The second kappa shape index (κ2) is 18.9. The molecule has 8 N–H and O–H groups in total. The molecule has 2 fully saturated rings. The lowest BCUT2D eigenvalue weighted by atomic mass is 10.0. The first-order valence-corrected chi connectivity index (χ1v) is 17.8. The molecule has 2 aromatic rings. The SMILES string of the molecule is C[C@H](N)C(=O)N[C@@H](Cc1ccccc1)C(=O)N1CCC[C@H]1C(=O)N[C@@H](Cc1ccccc1)C(=O)N1CCC[C@H]1C(=O)N[C@@H](CO)C(=O)N[C@@H](C)C(=O)O. The van der Waals surface area contributed by atoms with Crippen LogP contribution in [0.25, 0.3) is 0 Å². The highest BCUT2D eigenvalue weighted by atomic mass is 16.4. The van der Waals surface area contributed by atoms with Gasteiger partial charge in [0, 0.05) is 25.9 Å². The van der Waals surface area contributed by atoms with Crippen LogP contribution in [-0.2, 0) is 46.4 Å². The Morgan fingerprint density at radius 2 is 1.11 bits per heavy atom. The Labute approximate surface area is 307 Å². The zero-order valence-corrected chi connectivity index (χ0v) is 29.9. The Morgan fingerprint density at radius 3 is 1.53 bits per heavy atom. The fourth-order valence-electron chi connectivity index (χ4n) is 6.52. The predicted molar refractivity (Wildman–Crippen MR) is 192 cm³/mol. The molecule has 0 unspecified atom stereocenters. The molecular formula is C37H49N7O9. The zero-order valence-electron chi connectivity index (χ0n) is 29.9. The summed E-state index contributed by atoms with van der Waals surface area (Å²) in [5.41, 5.74) is 7.33. The summed E-state index contributed by atoms with van der Waals surface area (Å²) in [7, 11) is 0. The average Bonchev–Trinajstić information content (AvgIpc) is 3.84. The Bertz CT molecular complexity index is 1620. The number of carbonyl (C=O) groups excluding carboxylic acids is 6. The standard InChI is InChI=1S/C37H49N7O9/c1-22(38)31(46)40-26(19-24-11-5-3-6-12-24)35(50)43-17-9-15-29(43)33(48)41-27(20-25-13-7-4-8-14-25)36(51)44-18-10-16-30(44)34(49)42-28(21-45)32(47)39-23(2)37(52)53/h3-8,11-14,22-23,26-30,45H,9-10,15-21,38H2,1-2H3,(H,39,47)(H,40,46)(H,41,48)(H,42,49)(H,52,53)/t22-,23-,26-,27-,28-,29-,30-/m0/s1. The van der Waals surface area contributed by atoms with Crippen molar-refractivity contribution in [3.8, 4) is 0 Å². The molecule has 0 aromatic heterocycles. The van der Waals surface area contributed by atoms with E-state index in [1.807, 2.05) is 36.4 Å². The summed E-state index contributed by atoms with van der Waals surface area (Å²) < 4.78 is 0. The van der Waals surface area contributed by atoms with Gasteiger partial charge in [-0.15, -0.1) is 0 Å². The Hall–Kier alpha value is -5.35. The maximum atomic E-state index is 14.2. The topological polar surface area (TPSA) is 241 Å². The number of nitrogens with one attached hydrogen (secondary N) is 4. The van der Waals surface area contributed by atoms with Gasteiger partial charge in [-0.05, 0) is 50.7 Å². The number of carboxylic acids is 1. The maximum absolute atomic E-state index is 14.2. The number of hydrogen-bond acceptors (Lipinski definition) is 9. The number of rotatable bonds is 16. The second-order valence-corrected chi connectivity index (χ2v) is 13.5. The van der Waals surface area contributed by atoms with Gasteiger partial charge in [0.05, 0.1) is 12.6 Å². The molecule has 0 bridgehead atoms. The molecule has 286 valence electrons. The number of aliphatic hydroxyl groups excluding tert-OH is 1. The monoisotopic (exact) mass is 735 g/mol. The third-order valence-corrected chi connectivity index (χ3v) is 9.43. The van der Waals surface area contributed by atoms with Gasteiger partial charge in [0.2, 0.25) is 35.4 Å². The number of aliphatic hydroxyl groups is 1. The van der Waals surface area contributed by atoms with Gasteiger partial charge in [0.15, 0.2) is 0 Å². The van der Waals surface area contributed by atoms with E-state index in [0.717, 1.165) is 11.1 Å². The molecule has 4 rings (SSSR count). The van der Waals surface area contributed by atoms with Gasteiger partial charge in [0.1, 0.15) is 36.3 Å². The molecule has 6 amide bonds. The third-order valence-electron chi connectivity index (χ3n) is 9.43. The molecule has 53 heavy (non-hydrogen) atoms. The number of hydrogen-bond donors (Lipinski definition) is 7. The van der Waals surface area contributed by atoms with Crippen molar-refractivity contribution in [3.63, 3.8) is 0 Å². The smallest absolute Gasteiger partial charge is 0.325 e. The number of nitrogens with zero attached hydrogens (tertiary/aromatic N) is 2. The Balaban J connectivity index is 1.52. The van der Waals surface area contributed by atoms with Gasteiger partial charge >= 0.3 is 5.97 Å². The van der Waals surface area contributed by atoms with Gasteiger partial charge < -0.3 is 47.0 Å². The van der Waals surface area contributed by atoms with E-state index in [0.29, 0.717) is 19.3 Å². The molecule has 0 aliphatic carbocycles. The van der Waals surface area contributed by atoms with Crippen LogP contribution in [-0.4, -0.2) is 123 Å². The van der Waals surface area contributed by atoms with Gasteiger partial charge in [-0.1, -0.05) is 60.7 Å². The number of nitrogens with two attached hydrogens (primary N) is 1. The highest BCUT2D eigenvalue weighted by Gasteiger charge is 2.42. The van der Waals surface area contributed by atoms with Crippen LogP contribution in [0.5, 0.6) is 0 Å². The van der Waals surface area contributed by atoms with Crippen LogP contribution in [0.2, 0.25) is 0 Å². The highest BCUT2D eigenvalue weighted by Crippen LogP contribution is 2.23. The summed E-state index contributed by atoms with van der Waals surface area (Å²) in [6.45, 7) is 2.37. The Kier molecular flexibility index (Phi) is 14.4. The first-order valence-electron chi connectivity index (χ1n) is 17.8. The highest BCUT2D eigenvalue weighted by molar-refractivity contribution is 5.97. The van der Waals surface area contributed by atoms with Crippen molar-refractivity contribution in [2.24, 2.45) is 5.73 Å². The summed E-state index contributed by atoms with van der Waals surface area (Å²) in [6, 6.07) is 10.4. The van der Waals surface area contributed by atoms with Crippen LogP contribution in [0.3, 0.4) is 0 Å². The minimum Gasteiger partial charge on any atom is -0.480 e. The van der Waals surface area contributed by atoms with Crippen molar-refractivity contribution >= 4 is 41.4 Å². The minimum absolute atomic E-state index is 0.0761. The normalized spacial score (nSPS) is 19.6. The van der Waals surface area contributed by atoms with E-state index in [4.69, 9.17) is 10.8 Å². The summed E-state index contributed by atoms with van der Waals surface area (Å²) >= 11 is 0. The van der Waals surface area contributed by atoms with Gasteiger partial charge in [-0.2, -0.15) is 0 Å². The summed E-state index contributed by atoms with van der Waals surface area (Å²) in [4.78, 5) is 94.8. The van der Waals surface area contributed by atoms with Crippen LogP contribution in [0, 0.1) is 0 Å². The lowest BCUT2D eigenvalue weighted by molar-refractivity contribution is -0.145. The van der Waals surface area contributed by atoms with E-state index in [-0.39, 0.29) is 32.4 Å². The van der Waals surface area contributed by atoms with Gasteiger partial charge in [-0.25, -0.2) is 0 Å². The van der Waals surface area contributed by atoms with E-state index in [1.54, 1.807) is 24.3 Å². The third kappa shape index (κ3) is 10.8. The van der Waals surface area contributed by atoms with E-state index < -0.39 is 90.3 Å². The fourth-order valence-corrected chi connectivity index (χ4v) is 6.52. The van der Waals surface area contributed by atoms with Crippen LogP contribution >= 0.6 is 0 Å². The van der Waals surface area contributed by atoms with E-state index in [1.165, 1.54) is 23.6 Å². The molecule has 2 aliphatic rings. The molecule has 2 aliphatic heterocycles. The number of amides is 6. The number of carbonyl (C=O) groups is 7. The molecule has 2 saturated heterocycles. The number of aliphatic carboxylic acids is 1. The zero-order chi connectivity index (χ0) is 38.7. The fraction of sp³-hybridized carbons (Fsp3) is 0.486. The van der Waals surface area contributed by atoms with Crippen molar-refractivity contribution in [1.29, 1.82) is 0 Å². The predicted octanol–water partition coefficient (Wildman–Crippen LogP) is -1.16. The van der Waals surface area contributed by atoms with Crippen molar-refractivity contribution < 1.29 is 43.8 Å². The minimum atomic E-state index is -1.46. The van der Waals surface area contributed by atoms with E-state index >= 15 is 0 Å². The molecule has 16 heteroatoms. The van der Waals surface area contributed by atoms with Crippen LogP contribution in [0.15, 0.2) is 60.7 Å². The Morgan fingerprint density at radius 1 is 0.679 bits per heavy atom. The molecule has 16 nitrogen and oxygen atoms in total. The van der Waals surface area contributed by atoms with E-state index in [2.05, 4.69) is 21.3 Å². The van der Waals surface area contributed by atoms with Crippen molar-refractivity contribution in [1.82, 2.24) is 31.1 Å². The van der Waals surface area contributed by atoms with E-state index in [9.17, 15) is 38.7 Å². The number of benzene rings is 2. The van der Waals surface area contributed by atoms with Crippen molar-refractivity contribution in [2.45, 2.75) is 94.7 Å². The largest absolute Gasteiger partial charge is 0.480 e. The lowest BCUT2D eigenvalue weighted by Crippen LogP contribution is -2.60. The van der Waals surface area contributed by atoms with Crippen LogP contribution < -0.4 is 27.0 Å². The second-order valence-electron chi connectivity index (χ2n) is 13.5. The quantitative estimate of drug-likeness (QED) is 0.109. The number of carboxylic acid groups (broad SMARTS) is 1. The lowest BCUT2D eigenvalue weighted by Gasteiger charge is -2.32. The summed E-state index contributed by atoms with van der Waals surface area (Å²) in [5.74, 6) is -5.01. The molecule has 2 aromatic carbocycles. The number of likely N-dealkylation sites (tertiary alicyclic amines) is 2. The average molecular weight is 736 g/mol. The molecule has 2 heterocycles. The molecule has 7 atom stereocenters. The van der Waals surface area contributed by atoms with Crippen LogP contribution in [0.4, 0.5) is 0 Å². The van der Waals surface area contributed by atoms with Crippen molar-refractivity contribution in [2.75, 3.05) is 19.7 Å². The first kappa shape index (κ1) is 40.4. The summed E-state index contributed by atoms with van der Waals surface area (Å²) in [6.07, 6.45) is 1.78.